The summed E-state index contributed by atoms with van der Waals surface area (Å²) in [5, 5.41) is 0. The van der Waals surface area contributed by atoms with Crippen molar-refractivity contribution in [2.24, 2.45) is 45.3 Å². The molecule has 0 aromatic rings. The predicted octanol–water partition coefficient (Wildman–Crippen LogP) is 6.78. The molecule has 162 valence electrons. The van der Waals surface area contributed by atoms with Gasteiger partial charge in [0.15, 0.2) is 0 Å². The van der Waals surface area contributed by atoms with Crippen LogP contribution < -0.4 is 0 Å². The Morgan fingerprint density at radius 3 is 2.45 bits per heavy atom. The minimum Gasteiger partial charge on any atom is -0.300 e. The Bertz CT molecular complexity index is 760. The van der Waals surface area contributed by atoms with Gasteiger partial charge in [-0.1, -0.05) is 53.2 Å². The van der Waals surface area contributed by atoms with Gasteiger partial charge in [-0.3, -0.25) is 4.79 Å². The summed E-state index contributed by atoms with van der Waals surface area (Å²) >= 11 is 0. The van der Waals surface area contributed by atoms with E-state index in [1.807, 2.05) is 0 Å². The molecule has 4 aliphatic carbocycles. The summed E-state index contributed by atoms with van der Waals surface area (Å²) in [5.41, 5.74) is 2.35. The first kappa shape index (κ1) is 21.3. The third-order valence-electron chi connectivity index (χ3n) is 10.9. The maximum atomic E-state index is 12.7. The fourth-order valence-electron chi connectivity index (χ4n) is 9.06. The highest BCUT2D eigenvalue weighted by molar-refractivity contribution is 5.85. The molecular weight excluding hydrogens is 356 g/mol. The van der Waals surface area contributed by atoms with Gasteiger partial charge in [-0.2, -0.15) is 0 Å². The SMILES string of the molecule is CC(=O)C[C@H](C)[C@@H]1CC[C@]2(C)C3=CC[C@H]4C(C)(C)C(=O)CC[C@]4(C)[C@H]3CC[C@@]12C. The summed E-state index contributed by atoms with van der Waals surface area (Å²) in [4.78, 5) is 24.6. The van der Waals surface area contributed by atoms with E-state index in [4.69, 9.17) is 0 Å². The van der Waals surface area contributed by atoms with Gasteiger partial charge >= 0.3 is 0 Å². The number of fused-ring (bicyclic) bond motifs is 5. The van der Waals surface area contributed by atoms with Gasteiger partial charge in [0.25, 0.3) is 0 Å². The number of carbonyl (C=O) groups excluding carboxylic acids is 2. The predicted molar refractivity (Wildman–Crippen MR) is 118 cm³/mol. The van der Waals surface area contributed by atoms with Gasteiger partial charge in [0.1, 0.15) is 11.6 Å². The van der Waals surface area contributed by atoms with Crippen LogP contribution in [0.3, 0.4) is 0 Å². The summed E-state index contributed by atoms with van der Waals surface area (Å²) in [5.74, 6) is 3.05. The van der Waals surface area contributed by atoms with Crippen LogP contribution in [-0.4, -0.2) is 11.6 Å². The maximum Gasteiger partial charge on any atom is 0.138 e. The smallest absolute Gasteiger partial charge is 0.138 e. The van der Waals surface area contributed by atoms with Crippen molar-refractivity contribution < 1.29 is 9.59 Å². The van der Waals surface area contributed by atoms with E-state index in [2.05, 4.69) is 47.6 Å². The quantitative estimate of drug-likeness (QED) is 0.491. The zero-order chi connectivity index (χ0) is 21.4. The Morgan fingerprint density at radius 1 is 1.10 bits per heavy atom. The summed E-state index contributed by atoms with van der Waals surface area (Å²) < 4.78 is 0. The van der Waals surface area contributed by atoms with Crippen LogP contribution in [0.25, 0.3) is 0 Å². The summed E-state index contributed by atoms with van der Waals surface area (Å²) in [6.45, 7) is 16.1. The Kier molecular flexibility index (Phi) is 4.81. The number of rotatable bonds is 3. The molecule has 2 heteroatoms. The zero-order valence-corrected chi connectivity index (χ0v) is 19.9. The molecule has 4 aliphatic rings. The average Bonchev–Trinajstić information content (AvgIpc) is 2.90. The molecule has 0 unspecified atom stereocenters. The van der Waals surface area contributed by atoms with Crippen molar-refractivity contribution >= 4 is 11.6 Å². The van der Waals surface area contributed by atoms with Crippen LogP contribution in [0.1, 0.15) is 99.8 Å². The van der Waals surface area contributed by atoms with E-state index in [9.17, 15) is 9.59 Å². The van der Waals surface area contributed by atoms with Crippen LogP contribution in [0.15, 0.2) is 11.6 Å². The first-order valence-electron chi connectivity index (χ1n) is 12.1. The van der Waals surface area contributed by atoms with Crippen molar-refractivity contribution in [3.8, 4) is 0 Å². The van der Waals surface area contributed by atoms with Crippen molar-refractivity contribution in [3.05, 3.63) is 11.6 Å². The molecule has 2 nitrogen and oxygen atoms in total. The second kappa shape index (κ2) is 6.54. The van der Waals surface area contributed by atoms with E-state index >= 15 is 0 Å². The largest absolute Gasteiger partial charge is 0.300 e. The first-order valence-corrected chi connectivity index (χ1v) is 12.1. The number of ketones is 2. The fraction of sp³-hybridized carbons (Fsp3) is 0.852. The number of carbonyl (C=O) groups is 2. The summed E-state index contributed by atoms with van der Waals surface area (Å²) in [6.07, 6.45) is 11.3. The molecule has 0 aromatic heterocycles. The number of allylic oxidation sites excluding steroid dienone is 2. The Balaban J connectivity index is 1.71. The average molecular weight is 399 g/mol. The Hall–Kier alpha value is -0.920. The Labute approximate surface area is 178 Å². The van der Waals surface area contributed by atoms with E-state index in [1.54, 1.807) is 12.5 Å². The van der Waals surface area contributed by atoms with Crippen LogP contribution in [0.2, 0.25) is 0 Å². The van der Waals surface area contributed by atoms with Crippen LogP contribution in [-0.2, 0) is 9.59 Å². The maximum absolute atomic E-state index is 12.7. The molecule has 0 radical (unpaired) electrons. The van der Waals surface area contributed by atoms with E-state index in [0.29, 0.717) is 40.7 Å². The minimum absolute atomic E-state index is 0.190. The van der Waals surface area contributed by atoms with Crippen LogP contribution >= 0.6 is 0 Å². The van der Waals surface area contributed by atoms with Crippen LogP contribution in [0.4, 0.5) is 0 Å². The van der Waals surface area contributed by atoms with Crippen LogP contribution in [0, 0.1) is 45.3 Å². The van der Waals surface area contributed by atoms with Gasteiger partial charge in [-0.25, -0.2) is 0 Å². The summed E-state index contributed by atoms with van der Waals surface area (Å²) in [6, 6.07) is 0. The zero-order valence-electron chi connectivity index (χ0n) is 19.9. The van der Waals surface area contributed by atoms with Gasteiger partial charge in [-0.05, 0) is 85.4 Å². The number of hydrogen-bond acceptors (Lipinski definition) is 2. The van der Waals surface area contributed by atoms with Crippen molar-refractivity contribution in [2.45, 2.75) is 99.8 Å². The lowest BCUT2D eigenvalue weighted by Crippen LogP contribution is -2.57. The monoisotopic (exact) mass is 398 g/mol. The van der Waals surface area contributed by atoms with Crippen molar-refractivity contribution in [1.82, 2.24) is 0 Å². The third-order valence-corrected chi connectivity index (χ3v) is 10.9. The van der Waals surface area contributed by atoms with E-state index in [0.717, 1.165) is 25.7 Å². The molecular formula is C27H42O2. The second-order valence-electron chi connectivity index (χ2n) is 12.5. The van der Waals surface area contributed by atoms with Crippen molar-refractivity contribution in [2.75, 3.05) is 0 Å². The normalized spacial score (nSPS) is 46.9. The fourth-order valence-corrected chi connectivity index (χ4v) is 9.06. The topological polar surface area (TPSA) is 34.1 Å². The number of hydrogen-bond donors (Lipinski definition) is 0. The second-order valence-corrected chi connectivity index (χ2v) is 12.5. The molecule has 3 saturated carbocycles. The molecule has 29 heavy (non-hydrogen) atoms. The van der Waals surface area contributed by atoms with Gasteiger partial charge in [0, 0.05) is 18.3 Å². The van der Waals surface area contributed by atoms with Gasteiger partial charge in [-0.15, -0.1) is 0 Å². The van der Waals surface area contributed by atoms with Crippen LogP contribution in [0.5, 0.6) is 0 Å². The molecule has 3 fully saturated rings. The molecule has 0 saturated heterocycles. The molecule has 0 amide bonds. The molecule has 4 rings (SSSR count). The van der Waals surface area contributed by atoms with E-state index < -0.39 is 0 Å². The first-order chi connectivity index (χ1) is 13.4. The van der Waals surface area contributed by atoms with Gasteiger partial charge < -0.3 is 4.79 Å². The highest BCUT2D eigenvalue weighted by Crippen LogP contribution is 2.73. The van der Waals surface area contributed by atoms with Gasteiger partial charge in [0.05, 0.1) is 0 Å². The molecule has 0 N–H and O–H groups in total. The lowest BCUT2D eigenvalue weighted by Gasteiger charge is -2.63. The lowest BCUT2D eigenvalue weighted by atomic mass is 9.41. The molecule has 7 atom stereocenters. The number of Topliss-reactive ketones (excluding diaryl/α,β-unsaturated/α-hetero) is 2. The molecule has 0 aliphatic heterocycles. The molecule has 0 aromatic carbocycles. The Morgan fingerprint density at radius 2 is 1.79 bits per heavy atom. The lowest BCUT2D eigenvalue weighted by molar-refractivity contribution is -0.146. The molecule has 0 heterocycles. The molecule has 0 spiro atoms. The third kappa shape index (κ3) is 2.72. The summed E-state index contributed by atoms with van der Waals surface area (Å²) in [7, 11) is 0. The molecule has 0 bridgehead atoms. The highest BCUT2D eigenvalue weighted by Gasteiger charge is 2.65. The standard InChI is InChI=1S/C27H42O2/c1-17(16-18(2)28)19-10-14-27(7)21-8-9-22-24(3,4)23(29)12-13-25(22,5)20(21)11-15-26(19,27)6/h8,17,19-20,22H,9-16H2,1-7H3/t17-,19-,20-,22-,25+,26-,27+/m0/s1. The van der Waals surface area contributed by atoms with E-state index in [-0.39, 0.29) is 16.2 Å². The minimum atomic E-state index is -0.190. The van der Waals surface area contributed by atoms with Crippen molar-refractivity contribution in [1.29, 1.82) is 0 Å². The van der Waals surface area contributed by atoms with Gasteiger partial charge in [0.2, 0.25) is 0 Å². The van der Waals surface area contributed by atoms with Crippen molar-refractivity contribution in [3.63, 3.8) is 0 Å². The highest BCUT2D eigenvalue weighted by atomic mass is 16.1. The van der Waals surface area contributed by atoms with E-state index in [1.165, 1.54) is 25.7 Å².